The molecule has 0 saturated carbocycles. The van der Waals surface area contributed by atoms with Gasteiger partial charge in [0.2, 0.25) is 6.41 Å². The number of carbonyl (C=O) groups is 3. The number of amides is 2. The van der Waals surface area contributed by atoms with Crippen LogP contribution in [0.25, 0.3) is 0 Å². The first-order chi connectivity index (χ1) is 13.1. The fourth-order valence-electron chi connectivity index (χ4n) is 2.83. The van der Waals surface area contributed by atoms with Gasteiger partial charge in [-0.3, -0.25) is 9.59 Å². The number of nitrogens with one attached hydrogen (secondary N) is 1. The summed E-state index contributed by atoms with van der Waals surface area (Å²) in [4.78, 5) is 43.1. The van der Waals surface area contributed by atoms with Crippen LogP contribution in [0.5, 0.6) is 0 Å². The Bertz CT molecular complexity index is 847. The van der Waals surface area contributed by atoms with E-state index in [2.05, 4.69) is 15.0 Å². The van der Waals surface area contributed by atoms with Gasteiger partial charge in [-0.25, -0.2) is 9.78 Å². The quantitative estimate of drug-likeness (QED) is 0.634. The van der Waals surface area contributed by atoms with Crippen molar-refractivity contribution in [1.82, 2.24) is 9.88 Å². The fraction of sp³-hybridized carbons (Fsp3) is 0.263. The molecule has 0 radical (unpaired) electrons. The first kappa shape index (κ1) is 18.4. The molecule has 1 saturated heterocycles. The molecule has 1 fully saturated rings. The third-order valence-electron chi connectivity index (χ3n) is 4.34. The normalized spacial score (nSPS) is 13.8. The summed E-state index contributed by atoms with van der Waals surface area (Å²) in [6.45, 7) is 2.58. The van der Waals surface area contributed by atoms with Gasteiger partial charge in [0, 0.05) is 43.6 Å². The van der Waals surface area contributed by atoms with E-state index in [-0.39, 0.29) is 5.91 Å². The van der Waals surface area contributed by atoms with Crippen LogP contribution in [-0.4, -0.2) is 61.5 Å². The van der Waals surface area contributed by atoms with Gasteiger partial charge in [-0.15, -0.1) is 0 Å². The molecule has 0 spiro atoms. The van der Waals surface area contributed by atoms with Crippen molar-refractivity contribution in [1.29, 1.82) is 0 Å². The van der Waals surface area contributed by atoms with Crippen LogP contribution in [0.2, 0.25) is 0 Å². The molecule has 27 heavy (non-hydrogen) atoms. The average Bonchev–Trinajstić information content (AvgIpc) is 2.73. The number of hydrogen-bond donors (Lipinski definition) is 1. The van der Waals surface area contributed by atoms with Crippen molar-refractivity contribution >= 4 is 29.8 Å². The smallest absolute Gasteiger partial charge is 0.337 e. The number of pyridine rings is 1. The molecular formula is C19H20N4O4. The molecule has 1 aromatic carbocycles. The van der Waals surface area contributed by atoms with Crippen LogP contribution in [0.4, 0.5) is 11.5 Å². The number of piperazine rings is 1. The van der Waals surface area contributed by atoms with Crippen LogP contribution in [-0.2, 0) is 9.53 Å². The first-order valence-electron chi connectivity index (χ1n) is 8.51. The third kappa shape index (κ3) is 4.41. The highest BCUT2D eigenvalue weighted by molar-refractivity contribution is 6.05. The standard InChI is InChI=1S/C19H20N4O4/c1-27-19(26)15-3-2-4-16(11-15)21-18(25)14-5-6-20-17(12-14)23-9-7-22(13-24)8-10-23/h2-6,11-13H,7-10H2,1H3,(H,21,25). The average molecular weight is 368 g/mol. The summed E-state index contributed by atoms with van der Waals surface area (Å²) in [6.07, 6.45) is 2.43. The van der Waals surface area contributed by atoms with E-state index < -0.39 is 5.97 Å². The Morgan fingerprint density at radius 2 is 1.89 bits per heavy atom. The summed E-state index contributed by atoms with van der Waals surface area (Å²) >= 11 is 0. The molecular weight excluding hydrogens is 348 g/mol. The largest absolute Gasteiger partial charge is 0.465 e. The zero-order valence-electron chi connectivity index (χ0n) is 14.9. The van der Waals surface area contributed by atoms with Gasteiger partial charge in [-0.1, -0.05) is 6.07 Å². The molecule has 8 heteroatoms. The Hall–Kier alpha value is -3.42. The van der Waals surface area contributed by atoms with E-state index in [1.807, 2.05) is 4.90 Å². The highest BCUT2D eigenvalue weighted by Gasteiger charge is 2.18. The van der Waals surface area contributed by atoms with E-state index in [1.165, 1.54) is 7.11 Å². The predicted molar refractivity (Wildman–Crippen MR) is 99.8 cm³/mol. The van der Waals surface area contributed by atoms with Crippen LogP contribution in [0.3, 0.4) is 0 Å². The number of anilines is 2. The summed E-state index contributed by atoms with van der Waals surface area (Å²) in [5.41, 5.74) is 1.32. The zero-order valence-corrected chi connectivity index (χ0v) is 14.9. The van der Waals surface area contributed by atoms with Gasteiger partial charge < -0.3 is 19.9 Å². The Balaban J connectivity index is 1.71. The summed E-state index contributed by atoms with van der Waals surface area (Å²) < 4.78 is 4.69. The molecule has 2 amide bonds. The van der Waals surface area contributed by atoms with Crippen molar-refractivity contribution in [3.63, 3.8) is 0 Å². The van der Waals surface area contributed by atoms with Crippen LogP contribution in [0.1, 0.15) is 20.7 Å². The fourth-order valence-corrected chi connectivity index (χ4v) is 2.83. The number of benzene rings is 1. The monoisotopic (exact) mass is 368 g/mol. The van der Waals surface area contributed by atoms with Crippen LogP contribution in [0.15, 0.2) is 42.6 Å². The molecule has 0 unspecified atom stereocenters. The second kappa shape index (κ2) is 8.31. The number of nitrogens with zero attached hydrogens (tertiary/aromatic N) is 3. The van der Waals surface area contributed by atoms with E-state index in [0.29, 0.717) is 48.8 Å². The molecule has 2 heterocycles. The highest BCUT2D eigenvalue weighted by Crippen LogP contribution is 2.17. The van der Waals surface area contributed by atoms with Crippen LogP contribution in [0, 0.1) is 0 Å². The number of methoxy groups -OCH3 is 1. The Labute approximate surface area is 156 Å². The Morgan fingerprint density at radius 3 is 2.59 bits per heavy atom. The van der Waals surface area contributed by atoms with E-state index in [0.717, 1.165) is 6.41 Å². The van der Waals surface area contributed by atoms with Gasteiger partial charge >= 0.3 is 5.97 Å². The lowest BCUT2D eigenvalue weighted by Crippen LogP contribution is -2.46. The minimum Gasteiger partial charge on any atom is -0.465 e. The number of aromatic nitrogens is 1. The zero-order chi connectivity index (χ0) is 19.2. The lowest BCUT2D eigenvalue weighted by molar-refractivity contribution is -0.118. The summed E-state index contributed by atoms with van der Waals surface area (Å²) in [5, 5.41) is 2.78. The van der Waals surface area contributed by atoms with Crippen molar-refractivity contribution in [2.75, 3.05) is 43.5 Å². The Kier molecular flexibility index (Phi) is 5.65. The first-order valence-corrected chi connectivity index (χ1v) is 8.51. The number of ether oxygens (including phenoxy) is 1. The predicted octanol–water partition coefficient (Wildman–Crippen LogP) is 1.40. The van der Waals surface area contributed by atoms with Crippen molar-refractivity contribution in [3.05, 3.63) is 53.7 Å². The van der Waals surface area contributed by atoms with Crippen LogP contribution < -0.4 is 10.2 Å². The van der Waals surface area contributed by atoms with Crippen molar-refractivity contribution in [3.8, 4) is 0 Å². The summed E-state index contributed by atoms with van der Waals surface area (Å²) in [5.74, 6) is -0.0736. The van der Waals surface area contributed by atoms with Gasteiger partial charge in [0.1, 0.15) is 5.82 Å². The maximum absolute atomic E-state index is 12.6. The topological polar surface area (TPSA) is 91.8 Å². The van der Waals surface area contributed by atoms with Gasteiger partial charge in [-0.2, -0.15) is 0 Å². The van der Waals surface area contributed by atoms with E-state index in [9.17, 15) is 14.4 Å². The molecule has 8 nitrogen and oxygen atoms in total. The number of hydrogen-bond acceptors (Lipinski definition) is 6. The minimum absolute atomic E-state index is 0.299. The van der Waals surface area contributed by atoms with E-state index in [1.54, 1.807) is 47.5 Å². The highest BCUT2D eigenvalue weighted by atomic mass is 16.5. The molecule has 140 valence electrons. The molecule has 3 rings (SSSR count). The second-order valence-corrected chi connectivity index (χ2v) is 6.06. The van der Waals surface area contributed by atoms with Gasteiger partial charge in [0.15, 0.2) is 0 Å². The molecule has 0 aliphatic carbocycles. The second-order valence-electron chi connectivity index (χ2n) is 6.06. The molecule has 0 atom stereocenters. The van der Waals surface area contributed by atoms with Crippen molar-refractivity contribution in [2.45, 2.75) is 0 Å². The molecule has 2 aromatic rings. The molecule has 1 aromatic heterocycles. The lowest BCUT2D eigenvalue weighted by Gasteiger charge is -2.33. The van der Waals surface area contributed by atoms with E-state index in [4.69, 9.17) is 0 Å². The third-order valence-corrected chi connectivity index (χ3v) is 4.34. The SMILES string of the molecule is COC(=O)c1cccc(NC(=O)c2ccnc(N3CCN(C=O)CC3)c2)c1. The lowest BCUT2D eigenvalue weighted by atomic mass is 10.2. The summed E-state index contributed by atoms with van der Waals surface area (Å²) in [6, 6.07) is 9.90. The maximum Gasteiger partial charge on any atom is 0.337 e. The number of carbonyl (C=O) groups excluding carboxylic acids is 3. The van der Waals surface area contributed by atoms with Crippen molar-refractivity contribution < 1.29 is 19.1 Å². The molecule has 1 N–H and O–H groups in total. The number of rotatable bonds is 5. The maximum atomic E-state index is 12.6. The molecule has 1 aliphatic heterocycles. The Morgan fingerprint density at radius 1 is 1.11 bits per heavy atom. The van der Waals surface area contributed by atoms with Crippen LogP contribution >= 0.6 is 0 Å². The minimum atomic E-state index is -0.466. The van der Waals surface area contributed by atoms with Gasteiger partial charge in [0.05, 0.1) is 12.7 Å². The van der Waals surface area contributed by atoms with Gasteiger partial charge in [-0.05, 0) is 30.3 Å². The molecule has 0 bridgehead atoms. The summed E-state index contributed by atoms with van der Waals surface area (Å²) in [7, 11) is 1.31. The van der Waals surface area contributed by atoms with E-state index >= 15 is 0 Å². The molecule has 1 aliphatic rings. The van der Waals surface area contributed by atoms with Crippen molar-refractivity contribution in [2.24, 2.45) is 0 Å². The number of esters is 1. The van der Waals surface area contributed by atoms with Gasteiger partial charge in [0.25, 0.3) is 5.91 Å².